The normalized spacial score (nSPS) is 15.4. The number of hydrogen-bond acceptors (Lipinski definition) is 4. The summed E-state index contributed by atoms with van der Waals surface area (Å²) in [6.07, 6.45) is 7.27. The molecule has 1 aliphatic rings. The van der Waals surface area contributed by atoms with E-state index in [-0.39, 0.29) is 18.0 Å². The molecule has 1 amide bonds. The lowest BCUT2D eigenvalue weighted by atomic mass is 9.96. The molecule has 0 unspecified atom stereocenters. The van der Waals surface area contributed by atoms with Gasteiger partial charge in [0.05, 0.1) is 11.6 Å². The molecule has 140 valence electrons. The molecule has 0 spiro atoms. The van der Waals surface area contributed by atoms with Gasteiger partial charge in [0.2, 0.25) is 5.91 Å². The number of imidazole rings is 1. The van der Waals surface area contributed by atoms with Gasteiger partial charge in [-0.15, -0.1) is 0 Å². The molecular weight excluding hydrogens is 342 g/mol. The SMILES string of the molecule is CCn1ccnc1C1CCN(C(=O)Cn2ncc3ccccc3c2=O)CC1. The third-order valence-electron chi connectivity index (χ3n) is 5.35. The van der Waals surface area contributed by atoms with Crippen molar-refractivity contribution in [2.75, 3.05) is 13.1 Å². The van der Waals surface area contributed by atoms with Gasteiger partial charge >= 0.3 is 0 Å². The maximum atomic E-state index is 12.7. The standard InChI is InChI=1S/C20H23N5O2/c1-2-23-12-9-21-19(23)15-7-10-24(11-8-15)18(26)14-25-20(27)17-6-4-3-5-16(17)13-22-25/h3-6,9,12-13,15H,2,7-8,10-11,14H2,1H3. The Bertz CT molecular complexity index is 1010. The lowest BCUT2D eigenvalue weighted by Crippen LogP contribution is -2.42. The van der Waals surface area contributed by atoms with Crippen LogP contribution < -0.4 is 5.56 Å². The second kappa shape index (κ2) is 7.34. The first kappa shape index (κ1) is 17.5. The van der Waals surface area contributed by atoms with E-state index in [2.05, 4.69) is 21.6 Å². The second-order valence-corrected chi connectivity index (χ2v) is 6.92. The fourth-order valence-electron chi connectivity index (χ4n) is 3.80. The van der Waals surface area contributed by atoms with Crippen molar-refractivity contribution in [1.29, 1.82) is 0 Å². The Morgan fingerprint density at radius 2 is 2.00 bits per heavy atom. The monoisotopic (exact) mass is 365 g/mol. The molecule has 1 aromatic carbocycles. The molecule has 0 N–H and O–H groups in total. The van der Waals surface area contributed by atoms with Crippen LogP contribution in [0.25, 0.3) is 10.8 Å². The minimum atomic E-state index is -0.221. The molecule has 3 heterocycles. The fraction of sp³-hybridized carbons (Fsp3) is 0.400. The van der Waals surface area contributed by atoms with Crippen molar-refractivity contribution in [3.8, 4) is 0 Å². The molecule has 3 aromatic rings. The summed E-state index contributed by atoms with van der Waals surface area (Å²) in [5.74, 6) is 1.43. The van der Waals surface area contributed by atoms with Crippen LogP contribution in [0.3, 0.4) is 0 Å². The molecule has 0 bridgehead atoms. The van der Waals surface area contributed by atoms with E-state index in [1.165, 1.54) is 4.68 Å². The first-order valence-corrected chi connectivity index (χ1v) is 9.41. The summed E-state index contributed by atoms with van der Waals surface area (Å²) >= 11 is 0. The molecule has 1 saturated heterocycles. The summed E-state index contributed by atoms with van der Waals surface area (Å²) < 4.78 is 3.43. The van der Waals surface area contributed by atoms with Crippen molar-refractivity contribution in [1.82, 2.24) is 24.2 Å². The number of hydrogen-bond donors (Lipinski definition) is 0. The number of aromatic nitrogens is 4. The number of benzene rings is 1. The smallest absolute Gasteiger partial charge is 0.275 e. The molecule has 4 rings (SSSR count). The van der Waals surface area contributed by atoms with Crippen LogP contribution in [0.2, 0.25) is 0 Å². The zero-order valence-corrected chi connectivity index (χ0v) is 15.4. The number of piperidine rings is 1. The molecule has 7 heteroatoms. The molecule has 0 aliphatic carbocycles. The average Bonchev–Trinajstić information content (AvgIpc) is 3.19. The van der Waals surface area contributed by atoms with Crippen LogP contribution in [0.4, 0.5) is 0 Å². The molecule has 7 nitrogen and oxygen atoms in total. The second-order valence-electron chi connectivity index (χ2n) is 6.92. The van der Waals surface area contributed by atoms with Gasteiger partial charge in [-0.05, 0) is 25.8 Å². The van der Waals surface area contributed by atoms with E-state index in [4.69, 9.17) is 0 Å². The lowest BCUT2D eigenvalue weighted by Gasteiger charge is -2.32. The van der Waals surface area contributed by atoms with Gasteiger partial charge in [-0.2, -0.15) is 5.10 Å². The molecule has 0 radical (unpaired) electrons. The predicted molar refractivity (Wildman–Crippen MR) is 102 cm³/mol. The van der Waals surface area contributed by atoms with Crippen LogP contribution in [0.15, 0.2) is 47.7 Å². The first-order chi connectivity index (χ1) is 13.2. The third-order valence-corrected chi connectivity index (χ3v) is 5.35. The Morgan fingerprint density at radius 3 is 2.78 bits per heavy atom. The molecule has 27 heavy (non-hydrogen) atoms. The van der Waals surface area contributed by atoms with E-state index in [1.54, 1.807) is 12.3 Å². The van der Waals surface area contributed by atoms with E-state index in [9.17, 15) is 9.59 Å². The minimum absolute atomic E-state index is 0.0160. The van der Waals surface area contributed by atoms with Crippen molar-refractivity contribution in [2.24, 2.45) is 0 Å². The van der Waals surface area contributed by atoms with E-state index >= 15 is 0 Å². The van der Waals surface area contributed by atoms with Crippen LogP contribution in [0.1, 0.15) is 31.5 Å². The molecule has 1 aliphatic heterocycles. The van der Waals surface area contributed by atoms with E-state index < -0.39 is 0 Å². The average molecular weight is 365 g/mol. The molecule has 0 saturated carbocycles. The highest BCUT2D eigenvalue weighted by molar-refractivity contribution is 5.81. The van der Waals surface area contributed by atoms with Crippen molar-refractivity contribution in [3.63, 3.8) is 0 Å². The van der Waals surface area contributed by atoms with E-state index in [0.717, 1.165) is 30.6 Å². The quantitative estimate of drug-likeness (QED) is 0.709. The van der Waals surface area contributed by atoms with Gasteiger partial charge in [0.25, 0.3) is 5.56 Å². The van der Waals surface area contributed by atoms with Crippen molar-refractivity contribution >= 4 is 16.7 Å². The zero-order chi connectivity index (χ0) is 18.8. The number of nitrogens with zero attached hydrogens (tertiary/aromatic N) is 5. The lowest BCUT2D eigenvalue weighted by molar-refractivity contribution is -0.133. The highest BCUT2D eigenvalue weighted by Gasteiger charge is 2.26. The maximum absolute atomic E-state index is 12.7. The van der Waals surface area contributed by atoms with Crippen LogP contribution in [-0.2, 0) is 17.9 Å². The molecular formula is C20H23N5O2. The van der Waals surface area contributed by atoms with Gasteiger partial charge in [0, 0.05) is 43.3 Å². The summed E-state index contributed by atoms with van der Waals surface area (Å²) in [7, 11) is 0. The van der Waals surface area contributed by atoms with Crippen LogP contribution in [0, 0.1) is 0 Å². The largest absolute Gasteiger partial charge is 0.341 e. The summed E-state index contributed by atoms with van der Waals surface area (Å²) in [5.41, 5.74) is -0.221. The summed E-state index contributed by atoms with van der Waals surface area (Å²) in [4.78, 5) is 31.5. The highest BCUT2D eigenvalue weighted by Crippen LogP contribution is 2.27. The zero-order valence-electron chi connectivity index (χ0n) is 15.4. The van der Waals surface area contributed by atoms with E-state index in [1.807, 2.05) is 35.5 Å². The number of carbonyl (C=O) groups excluding carboxylic acids is 1. The van der Waals surface area contributed by atoms with Gasteiger partial charge in [0.15, 0.2) is 0 Å². The third kappa shape index (κ3) is 3.37. The Kier molecular flexibility index (Phi) is 4.75. The Labute approximate surface area is 157 Å². The topological polar surface area (TPSA) is 73.0 Å². The summed E-state index contributed by atoms with van der Waals surface area (Å²) in [6.45, 7) is 4.37. The van der Waals surface area contributed by atoms with Crippen molar-refractivity contribution in [3.05, 3.63) is 59.0 Å². The van der Waals surface area contributed by atoms with Gasteiger partial charge < -0.3 is 9.47 Å². The summed E-state index contributed by atoms with van der Waals surface area (Å²) in [6, 6.07) is 7.30. The van der Waals surface area contributed by atoms with Gasteiger partial charge in [0.1, 0.15) is 12.4 Å². The number of amides is 1. The van der Waals surface area contributed by atoms with Crippen LogP contribution >= 0.6 is 0 Å². The molecule has 0 atom stereocenters. The minimum Gasteiger partial charge on any atom is -0.341 e. The number of carbonyl (C=O) groups is 1. The number of likely N-dealkylation sites (tertiary alicyclic amines) is 1. The van der Waals surface area contributed by atoms with Crippen LogP contribution in [0.5, 0.6) is 0 Å². The van der Waals surface area contributed by atoms with Crippen molar-refractivity contribution in [2.45, 2.75) is 38.8 Å². The van der Waals surface area contributed by atoms with Gasteiger partial charge in [-0.3, -0.25) is 9.59 Å². The molecule has 1 fully saturated rings. The maximum Gasteiger partial charge on any atom is 0.275 e. The first-order valence-electron chi connectivity index (χ1n) is 9.41. The number of aryl methyl sites for hydroxylation is 1. The number of fused-ring (bicyclic) bond motifs is 1. The van der Waals surface area contributed by atoms with Crippen LogP contribution in [-0.4, -0.2) is 43.2 Å². The van der Waals surface area contributed by atoms with Gasteiger partial charge in [-0.1, -0.05) is 18.2 Å². The summed E-state index contributed by atoms with van der Waals surface area (Å²) in [5, 5.41) is 5.54. The Balaban J connectivity index is 1.43. The fourth-order valence-corrected chi connectivity index (χ4v) is 3.80. The number of rotatable bonds is 4. The van der Waals surface area contributed by atoms with Crippen molar-refractivity contribution < 1.29 is 4.79 Å². The van der Waals surface area contributed by atoms with Gasteiger partial charge in [-0.25, -0.2) is 9.67 Å². The highest BCUT2D eigenvalue weighted by atomic mass is 16.2. The van der Waals surface area contributed by atoms with E-state index in [0.29, 0.717) is 24.4 Å². The molecule has 2 aromatic heterocycles. The Hall–Kier alpha value is -2.96. The predicted octanol–water partition coefficient (Wildman–Crippen LogP) is 2.02. The Morgan fingerprint density at radius 1 is 1.22 bits per heavy atom.